The molecule has 4 heteroatoms. The summed E-state index contributed by atoms with van der Waals surface area (Å²) >= 11 is 0. The lowest BCUT2D eigenvalue weighted by atomic mass is 10.0. The van der Waals surface area contributed by atoms with Crippen LogP contribution < -0.4 is 5.14 Å². The van der Waals surface area contributed by atoms with Crippen molar-refractivity contribution in [1.82, 2.24) is 0 Å². The van der Waals surface area contributed by atoms with Gasteiger partial charge in [-0.1, -0.05) is 26.0 Å². The molecule has 1 aromatic carbocycles. The average Bonchev–Trinajstić information content (AvgIpc) is 2.01. The van der Waals surface area contributed by atoms with Crippen molar-refractivity contribution < 1.29 is 8.42 Å². The van der Waals surface area contributed by atoms with Gasteiger partial charge in [-0.25, -0.2) is 13.6 Å². The van der Waals surface area contributed by atoms with Crippen LogP contribution in [0.1, 0.15) is 19.4 Å². The van der Waals surface area contributed by atoms with Gasteiger partial charge in [0, 0.05) is 0 Å². The summed E-state index contributed by atoms with van der Waals surface area (Å²) < 4.78 is 22.1. The van der Waals surface area contributed by atoms with Crippen LogP contribution in [0.15, 0.2) is 29.2 Å². The van der Waals surface area contributed by atoms with Crippen molar-refractivity contribution >= 4 is 10.0 Å². The number of hydrogen-bond acceptors (Lipinski definition) is 2. The second kappa shape index (κ2) is 4.11. The molecule has 2 N–H and O–H groups in total. The van der Waals surface area contributed by atoms with E-state index in [4.69, 9.17) is 5.14 Å². The highest BCUT2D eigenvalue weighted by Gasteiger charge is 2.08. The van der Waals surface area contributed by atoms with Gasteiger partial charge in [0.15, 0.2) is 0 Å². The quantitative estimate of drug-likeness (QED) is 0.827. The third-order valence-corrected chi connectivity index (χ3v) is 2.78. The number of hydrogen-bond donors (Lipinski definition) is 1. The Morgan fingerprint density at radius 1 is 1.36 bits per heavy atom. The van der Waals surface area contributed by atoms with Crippen LogP contribution in [0, 0.1) is 5.92 Å². The third-order valence-electron chi connectivity index (χ3n) is 1.87. The van der Waals surface area contributed by atoms with Gasteiger partial charge in [0.2, 0.25) is 10.0 Å². The molecule has 0 amide bonds. The first-order valence-corrected chi connectivity index (χ1v) is 6.06. The van der Waals surface area contributed by atoms with Crippen molar-refractivity contribution in [2.45, 2.75) is 25.2 Å². The Bertz CT molecular complexity index is 410. The minimum absolute atomic E-state index is 0.190. The lowest BCUT2D eigenvalue weighted by molar-refractivity contribution is 0.597. The fourth-order valence-corrected chi connectivity index (χ4v) is 1.90. The molecule has 0 atom stereocenters. The Hall–Kier alpha value is -0.870. The van der Waals surface area contributed by atoms with Gasteiger partial charge < -0.3 is 0 Å². The molecule has 0 aliphatic rings. The average molecular weight is 213 g/mol. The first-order chi connectivity index (χ1) is 6.39. The lowest BCUT2D eigenvalue weighted by Gasteiger charge is -2.06. The van der Waals surface area contributed by atoms with Crippen molar-refractivity contribution in [3.8, 4) is 0 Å². The van der Waals surface area contributed by atoms with Gasteiger partial charge in [0.25, 0.3) is 0 Å². The summed E-state index contributed by atoms with van der Waals surface area (Å²) in [6, 6.07) is 6.78. The van der Waals surface area contributed by atoms with Crippen molar-refractivity contribution in [1.29, 1.82) is 0 Å². The molecule has 0 saturated carbocycles. The van der Waals surface area contributed by atoms with Crippen LogP contribution in [0.4, 0.5) is 0 Å². The maximum absolute atomic E-state index is 11.0. The second-order valence-corrected chi connectivity index (χ2v) is 5.35. The maximum Gasteiger partial charge on any atom is 0.238 e. The van der Waals surface area contributed by atoms with Gasteiger partial charge in [-0.3, -0.25) is 0 Å². The molecule has 0 aromatic heterocycles. The molecule has 0 fully saturated rings. The maximum atomic E-state index is 11.0. The van der Waals surface area contributed by atoms with E-state index in [1.165, 1.54) is 6.07 Å². The SMILES string of the molecule is CC(C)Cc1cccc(S(N)(=O)=O)c1. The largest absolute Gasteiger partial charge is 0.238 e. The van der Waals surface area contributed by atoms with Crippen LogP contribution in [0.5, 0.6) is 0 Å². The summed E-state index contributed by atoms with van der Waals surface area (Å²) in [5.74, 6) is 0.505. The third kappa shape index (κ3) is 3.12. The molecular formula is C10H15NO2S. The zero-order chi connectivity index (χ0) is 10.8. The molecule has 0 saturated heterocycles. The normalized spacial score (nSPS) is 12.0. The number of nitrogens with two attached hydrogens (primary N) is 1. The van der Waals surface area contributed by atoms with Crippen molar-refractivity contribution in [2.75, 3.05) is 0 Å². The van der Waals surface area contributed by atoms with Gasteiger partial charge in [-0.15, -0.1) is 0 Å². The van der Waals surface area contributed by atoms with Crippen LogP contribution in [0.25, 0.3) is 0 Å². The molecule has 0 spiro atoms. The molecular weight excluding hydrogens is 198 g/mol. The molecule has 0 radical (unpaired) electrons. The first kappa shape index (κ1) is 11.2. The van der Waals surface area contributed by atoms with Gasteiger partial charge in [-0.2, -0.15) is 0 Å². The molecule has 0 bridgehead atoms. The molecule has 14 heavy (non-hydrogen) atoms. The van der Waals surface area contributed by atoms with E-state index in [1.807, 2.05) is 6.07 Å². The Balaban J connectivity index is 3.02. The zero-order valence-electron chi connectivity index (χ0n) is 8.40. The van der Waals surface area contributed by atoms with Gasteiger partial charge in [0.05, 0.1) is 4.90 Å². The van der Waals surface area contributed by atoms with E-state index in [0.717, 1.165) is 12.0 Å². The monoisotopic (exact) mass is 213 g/mol. The predicted molar refractivity (Wildman–Crippen MR) is 56.4 cm³/mol. The Kier molecular flexibility index (Phi) is 3.29. The summed E-state index contributed by atoms with van der Waals surface area (Å²) in [5.41, 5.74) is 1.01. The van der Waals surface area contributed by atoms with E-state index in [9.17, 15) is 8.42 Å². The Morgan fingerprint density at radius 2 is 2.00 bits per heavy atom. The second-order valence-electron chi connectivity index (χ2n) is 3.79. The van der Waals surface area contributed by atoms with E-state index in [-0.39, 0.29) is 4.90 Å². The number of rotatable bonds is 3. The standard InChI is InChI=1S/C10H15NO2S/c1-8(2)6-9-4-3-5-10(7-9)14(11,12)13/h3-5,7-8H,6H2,1-2H3,(H2,11,12,13). The molecule has 78 valence electrons. The smallest absolute Gasteiger partial charge is 0.225 e. The summed E-state index contributed by atoms with van der Waals surface area (Å²) in [4.78, 5) is 0.190. The lowest BCUT2D eigenvalue weighted by Crippen LogP contribution is -2.12. The summed E-state index contributed by atoms with van der Waals surface area (Å²) in [5, 5.41) is 5.03. The highest BCUT2D eigenvalue weighted by molar-refractivity contribution is 7.89. The van der Waals surface area contributed by atoms with Crippen molar-refractivity contribution in [3.63, 3.8) is 0 Å². The van der Waals surface area contributed by atoms with Gasteiger partial charge in [-0.05, 0) is 30.0 Å². The fraction of sp³-hybridized carbons (Fsp3) is 0.400. The molecule has 0 aliphatic heterocycles. The van der Waals surface area contributed by atoms with E-state index in [1.54, 1.807) is 12.1 Å². The van der Waals surface area contributed by atoms with E-state index in [0.29, 0.717) is 5.92 Å². The summed E-state index contributed by atoms with van der Waals surface area (Å²) in [6.07, 6.45) is 0.864. The van der Waals surface area contributed by atoms with E-state index < -0.39 is 10.0 Å². The molecule has 0 unspecified atom stereocenters. The van der Waals surface area contributed by atoms with Crippen LogP contribution in [0.2, 0.25) is 0 Å². The van der Waals surface area contributed by atoms with E-state index in [2.05, 4.69) is 13.8 Å². The Labute approximate surface area is 85.0 Å². The number of benzene rings is 1. The van der Waals surface area contributed by atoms with Crippen LogP contribution in [-0.2, 0) is 16.4 Å². The summed E-state index contributed by atoms with van der Waals surface area (Å²) in [7, 11) is -3.56. The van der Waals surface area contributed by atoms with Gasteiger partial charge in [0.1, 0.15) is 0 Å². The number of sulfonamides is 1. The first-order valence-electron chi connectivity index (χ1n) is 4.51. The minimum Gasteiger partial charge on any atom is -0.225 e. The van der Waals surface area contributed by atoms with Crippen molar-refractivity contribution in [2.24, 2.45) is 11.1 Å². The van der Waals surface area contributed by atoms with E-state index >= 15 is 0 Å². The topological polar surface area (TPSA) is 60.2 Å². The fourth-order valence-electron chi connectivity index (χ4n) is 1.32. The molecule has 0 heterocycles. The van der Waals surface area contributed by atoms with Gasteiger partial charge >= 0.3 is 0 Å². The minimum atomic E-state index is -3.56. The zero-order valence-corrected chi connectivity index (χ0v) is 9.21. The summed E-state index contributed by atoms with van der Waals surface area (Å²) in [6.45, 7) is 4.17. The molecule has 1 rings (SSSR count). The highest BCUT2D eigenvalue weighted by atomic mass is 32.2. The highest BCUT2D eigenvalue weighted by Crippen LogP contribution is 2.13. The Morgan fingerprint density at radius 3 is 2.50 bits per heavy atom. The molecule has 0 aliphatic carbocycles. The molecule has 3 nitrogen and oxygen atoms in total. The van der Waals surface area contributed by atoms with Crippen LogP contribution >= 0.6 is 0 Å². The van der Waals surface area contributed by atoms with Crippen LogP contribution in [0.3, 0.4) is 0 Å². The van der Waals surface area contributed by atoms with Crippen LogP contribution in [-0.4, -0.2) is 8.42 Å². The van der Waals surface area contributed by atoms with Crippen molar-refractivity contribution in [3.05, 3.63) is 29.8 Å². The molecule has 1 aromatic rings. The number of primary sulfonamides is 1. The predicted octanol–water partition coefficient (Wildman–Crippen LogP) is 1.53.